The topological polar surface area (TPSA) is 64.6 Å². The van der Waals surface area contributed by atoms with E-state index in [1.165, 1.54) is 6.07 Å². The van der Waals surface area contributed by atoms with Crippen LogP contribution in [0, 0.1) is 11.7 Å². The molecule has 1 N–H and O–H groups in total. The average Bonchev–Trinajstić information content (AvgIpc) is 3.36. The third-order valence-electron chi connectivity index (χ3n) is 7.50. The zero-order valence-electron chi connectivity index (χ0n) is 19.9. The van der Waals surface area contributed by atoms with Crippen molar-refractivity contribution in [1.82, 2.24) is 5.32 Å². The number of ketones is 1. The van der Waals surface area contributed by atoms with Gasteiger partial charge in [0, 0.05) is 35.2 Å². The smallest absolute Gasteiger partial charge is 0.316 e. The van der Waals surface area contributed by atoms with E-state index in [9.17, 15) is 9.59 Å². The minimum atomic E-state index is -0.877. The molecule has 3 unspecified atom stereocenters. The summed E-state index contributed by atoms with van der Waals surface area (Å²) in [6.45, 7) is 4.14. The number of esters is 1. The first kappa shape index (κ1) is 23.3. The molecular weight excluding hydrogens is 445 g/mol. The summed E-state index contributed by atoms with van der Waals surface area (Å²) in [7, 11) is 1.61. The third kappa shape index (κ3) is 4.38. The summed E-state index contributed by atoms with van der Waals surface area (Å²) in [6.07, 6.45) is 4.36. The Morgan fingerprint density at radius 1 is 1.03 bits per heavy atom. The number of halogens is 1. The summed E-state index contributed by atoms with van der Waals surface area (Å²) in [4.78, 5) is 27.1. The van der Waals surface area contributed by atoms with Crippen molar-refractivity contribution >= 4 is 11.8 Å². The molecule has 0 saturated heterocycles. The van der Waals surface area contributed by atoms with Crippen LogP contribution in [0.3, 0.4) is 0 Å². The number of para-hydroxylation sites is 1. The largest absolute Gasteiger partial charge is 0.496 e. The summed E-state index contributed by atoms with van der Waals surface area (Å²) in [5.41, 5.74) is 2.86. The first-order chi connectivity index (χ1) is 17.0. The van der Waals surface area contributed by atoms with Crippen LogP contribution in [0.1, 0.15) is 61.5 Å². The zero-order chi connectivity index (χ0) is 24.5. The number of hydrogen-bond donors (Lipinski definition) is 1. The molecule has 1 fully saturated rings. The molecule has 2 aliphatic carbocycles. The first-order valence-corrected chi connectivity index (χ1v) is 12.3. The van der Waals surface area contributed by atoms with Gasteiger partial charge in [-0.2, -0.15) is 0 Å². The highest BCUT2D eigenvalue weighted by atomic mass is 19.1. The number of carbonyl (C=O) groups is 2. The maximum atomic E-state index is 15.1. The molecule has 35 heavy (non-hydrogen) atoms. The van der Waals surface area contributed by atoms with Gasteiger partial charge in [0.25, 0.3) is 0 Å². The number of ether oxygens (including phenoxy) is 2. The van der Waals surface area contributed by atoms with Crippen LogP contribution in [0.4, 0.5) is 4.39 Å². The second-order valence-electron chi connectivity index (χ2n) is 9.63. The molecule has 1 heterocycles. The van der Waals surface area contributed by atoms with Gasteiger partial charge < -0.3 is 14.8 Å². The Morgan fingerprint density at radius 2 is 1.71 bits per heavy atom. The van der Waals surface area contributed by atoms with Gasteiger partial charge in [-0.25, -0.2) is 4.39 Å². The van der Waals surface area contributed by atoms with E-state index in [0.717, 1.165) is 37.0 Å². The van der Waals surface area contributed by atoms with E-state index in [1.807, 2.05) is 24.3 Å². The number of hydrogen-bond acceptors (Lipinski definition) is 5. The summed E-state index contributed by atoms with van der Waals surface area (Å²) < 4.78 is 26.5. The van der Waals surface area contributed by atoms with Crippen molar-refractivity contribution in [3.63, 3.8) is 0 Å². The SMILES string of the molecule is C=C1NC2=C(C(=O)CC(c3ccccc3OC)C2)C(c2ccccc2F)C1C(=O)OC1CCCC1. The minimum absolute atomic E-state index is 0.0963. The highest BCUT2D eigenvalue weighted by Crippen LogP contribution is 2.48. The number of carbonyl (C=O) groups excluding carboxylic acids is 2. The van der Waals surface area contributed by atoms with Crippen LogP contribution in [-0.2, 0) is 14.3 Å². The quantitative estimate of drug-likeness (QED) is 0.576. The normalized spacial score (nSPS) is 24.7. The monoisotopic (exact) mass is 475 g/mol. The van der Waals surface area contributed by atoms with Crippen LogP contribution in [0.15, 0.2) is 72.1 Å². The van der Waals surface area contributed by atoms with Crippen molar-refractivity contribution in [2.75, 3.05) is 7.11 Å². The Bertz CT molecular complexity index is 1200. The van der Waals surface area contributed by atoms with Crippen molar-refractivity contribution in [1.29, 1.82) is 0 Å². The predicted molar refractivity (Wildman–Crippen MR) is 130 cm³/mol. The van der Waals surface area contributed by atoms with Crippen molar-refractivity contribution in [3.8, 4) is 5.75 Å². The lowest BCUT2D eigenvalue weighted by Gasteiger charge is -2.40. The van der Waals surface area contributed by atoms with Crippen molar-refractivity contribution < 1.29 is 23.5 Å². The lowest BCUT2D eigenvalue weighted by atomic mass is 9.69. The fraction of sp³-hybridized carbons (Fsp3) is 0.379. The van der Waals surface area contributed by atoms with E-state index >= 15 is 4.39 Å². The molecule has 2 aromatic rings. The molecule has 0 radical (unpaired) electrons. The number of methoxy groups -OCH3 is 1. The van der Waals surface area contributed by atoms with E-state index in [4.69, 9.17) is 9.47 Å². The van der Waals surface area contributed by atoms with Crippen LogP contribution >= 0.6 is 0 Å². The fourth-order valence-electron chi connectivity index (χ4n) is 5.86. The zero-order valence-corrected chi connectivity index (χ0v) is 19.9. The second kappa shape index (κ2) is 9.68. The molecule has 1 saturated carbocycles. The Kier molecular flexibility index (Phi) is 6.46. The summed E-state index contributed by atoms with van der Waals surface area (Å²) in [5.74, 6) is -2.02. The molecule has 5 nitrogen and oxygen atoms in total. The molecule has 2 aromatic carbocycles. The van der Waals surface area contributed by atoms with Crippen molar-refractivity contribution in [2.45, 2.75) is 56.5 Å². The van der Waals surface area contributed by atoms with Gasteiger partial charge in [0.1, 0.15) is 23.6 Å². The predicted octanol–water partition coefficient (Wildman–Crippen LogP) is 5.54. The average molecular weight is 476 g/mol. The molecule has 1 aliphatic heterocycles. The Balaban J connectivity index is 1.56. The summed E-state index contributed by atoms with van der Waals surface area (Å²) in [5, 5.41) is 3.26. The van der Waals surface area contributed by atoms with E-state index in [-0.39, 0.29) is 24.2 Å². The van der Waals surface area contributed by atoms with Crippen LogP contribution in [0.2, 0.25) is 0 Å². The molecule has 0 amide bonds. The van der Waals surface area contributed by atoms with Crippen LogP contribution in [0.25, 0.3) is 0 Å². The summed E-state index contributed by atoms with van der Waals surface area (Å²) >= 11 is 0. The number of nitrogens with one attached hydrogen (secondary N) is 1. The lowest BCUT2D eigenvalue weighted by Crippen LogP contribution is -2.43. The van der Waals surface area contributed by atoms with Gasteiger partial charge >= 0.3 is 5.97 Å². The lowest BCUT2D eigenvalue weighted by molar-refractivity contribution is -0.153. The number of allylic oxidation sites excluding steroid dienone is 2. The highest BCUT2D eigenvalue weighted by molar-refractivity contribution is 6.01. The van der Waals surface area contributed by atoms with Crippen molar-refractivity contribution in [2.24, 2.45) is 5.92 Å². The first-order valence-electron chi connectivity index (χ1n) is 12.3. The van der Waals surface area contributed by atoms with Gasteiger partial charge in [0.2, 0.25) is 0 Å². The van der Waals surface area contributed by atoms with Crippen molar-refractivity contribution in [3.05, 3.63) is 89.0 Å². The standard InChI is InChI=1S/C29H30FNO4/c1-17-26(29(33)35-19-9-3-4-10-19)27(21-12-5-7-13-22(21)30)28-23(31-17)15-18(16-24(28)32)20-11-6-8-14-25(20)34-2/h5-8,11-14,18-19,26-27,31H,1,3-4,9-10,15-16H2,2H3. The van der Waals surface area contributed by atoms with E-state index in [1.54, 1.807) is 25.3 Å². The minimum Gasteiger partial charge on any atom is -0.496 e. The molecule has 3 atom stereocenters. The van der Waals surface area contributed by atoms with Crippen LogP contribution in [0.5, 0.6) is 5.75 Å². The molecule has 0 aromatic heterocycles. The fourth-order valence-corrected chi connectivity index (χ4v) is 5.86. The molecule has 5 rings (SSSR count). The van der Waals surface area contributed by atoms with E-state index in [0.29, 0.717) is 29.0 Å². The van der Waals surface area contributed by atoms with Crippen LogP contribution < -0.4 is 10.1 Å². The Hall–Kier alpha value is -3.41. The van der Waals surface area contributed by atoms with Gasteiger partial charge in [-0.1, -0.05) is 43.0 Å². The molecule has 0 spiro atoms. The maximum absolute atomic E-state index is 15.1. The van der Waals surface area contributed by atoms with Gasteiger partial charge in [0.15, 0.2) is 5.78 Å². The molecule has 3 aliphatic rings. The van der Waals surface area contributed by atoms with Gasteiger partial charge in [-0.05, 0) is 55.4 Å². The Labute approximate surface area is 205 Å². The van der Waals surface area contributed by atoms with Gasteiger partial charge in [0.05, 0.1) is 7.11 Å². The number of benzene rings is 2. The molecule has 6 heteroatoms. The number of Topliss-reactive ketones (excluding diaryl/α,β-unsaturated/α-hetero) is 1. The molecular formula is C29H30FNO4. The molecule has 0 bridgehead atoms. The second-order valence-corrected chi connectivity index (χ2v) is 9.63. The van der Waals surface area contributed by atoms with Gasteiger partial charge in [-0.3, -0.25) is 9.59 Å². The maximum Gasteiger partial charge on any atom is 0.316 e. The highest BCUT2D eigenvalue weighted by Gasteiger charge is 2.47. The van der Waals surface area contributed by atoms with E-state index < -0.39 is 23.6 Å². The van der Waals surface area contributed by atoms with Crippen LogP contribution in [-0.4, -0.2) is 25.0 Å². The number of rotatable bonds is 5. The Morgan fingerprint density at radius 3 is 2.43 bits per heavy atom. The summed E-state index contributed by atoms with van der Waals surface area (Å²) in [6, 6.07) is 14.0. The van der Waals surface area contributed by atoms with Gasteiger partial charge in [-0.15, -0.1) is 0 Å². The molecule has 182 valence electrons. The third-order valence-corrected chi connectivity index (χ3v) is 7.50. The van der Waals surface area contributed by atoms with E-state index in [2.05, 4.69) is 11.9 Å².